The number of ether oxygens (including phenoxy) is 1. The van der Waals surface area contributed by atoms with Crippen molar-refractivity contribution >= 4 is 0 Å². The van der Waals surface area contributed by atoms with Crippen molar-refractivity contribution < 1.29 is 9.13 Å². The number of nitrogens with zero attached hydrogens (tertiary/aromatic N) is 1. The van der Waals surface area contributed by atoms with Crippen molar-refractivity contribution in [2.24, 2.45) is 0 Å². The molecule has 0 aromatic heterocycles. The first-order valence-corrected chi connectivity index (χ1v) is 6.40. The summed E-state index contributed by atoms with van der Waals surface area (Å²) < 4.78 is 18.4. The van der Waals surface area contributed by atoms with Crippen LogP contribution in [-0.2, 0) is 11.3 Å². The van der Waals surface area contributed by atoms with E-state index >= 15 is 0 Å². The zero-order chi connectivity index (χ0) is 13.0. The van der Waals surface area contributed by atoms with Gasteiger partial charge < -0.3 is 10.1 Å². The van der Waals surface area contributed by atoms with E-state index in [4.69, 9.17) is 4.74 Å². The average molecular weight is 252 g/mol. The van der Waals surface area contributed by atoms with E-state index in [0.29, 0.717) is 12.1 Å². The van der Waals surface area contributed by atoms with Gasteiger partial charge in [-0.25, -0.2) is 4.39 Å². The van der Waals surface area contributed by atoms with Crippen molar-refractivity contribution in [2.45, 2.75) is 25.0 Å². The molecule has 100 valence electrons. The van der Waals surface area contributed by atoms with Gasteiger partial charge in [-0.3, -0.25) is 4.90 Å². The minimum Gasteiger partial charge on any atom is -0.380 e. The molecule has 3 nitrogen and oxygen atoms in total. The van der Waals surface area contributed by atoms with E-state index in [-0.39, 0.29) is 5.82 Å². The molecule has 0 saturated carbocycles. The lowest BCUT2D eigenvalue weighted by atomic mass is 10.0. The lowest BCUT2D eigenvalue weighted by Crippen LogP contribution is -2.53. The van der Waals surface area contributed by atoms with E-state index in [9.17, 15) is 4.39 Å². The third-order valence-corrected chi connectivity index (χ3v) is 3.61. The van der Waals surface area contributed by atoms with Gasteiger partial charge in [0.05, 0.1) is 6.61 Å². The fraction of sp³-hybridized carbons (Fsp3) is 0.571. The van der Waals surface area contributed by atoms with Crippen LogP contribution in [0.1, 0.15) is 12.0 Å². The van der Waals surface area contributed by atoms with E-state index in [1.54, 1.807) is 0 Å². The van der Waals surface area contributed by atoms with Gasteiger partial charge in [-0.15, -0.1) is 0 Å². The molecule has 4 heteroatoms. The predicted octanol–water partition coefficient (Wildman–Crippen LogP) is 1.63. The molecule has 2 unspecified atom stereocenters. The van der Waals surface area contributed by atoms with Crippen LogP contribution in [0, 0.1) is 5.82 Å². The molecule has 1 N–H and O–H groups in total. The summed E-state index contributed by atoms with van der Waals surface area (Å²) in [6.07, 6.45) is 1.04. The van der Waals surface area contributed by atoms with Gasteiger partial charge >= 0.3 is 0 Å². The molecule has 1 aliphatic rings. The van der Waals surface area contributed by atoms with Crippen LogP contribution < -0.4 is 5.32 Å². The lowest BCUT2D eigenvalue weighted by molar-refractivity contribution is 0.00523. The maximum atomic E-state index is 12.9. The second kappa shape index (κ2) is 6.27. The van der Waals surface area contributed by atoms with Gasteiger partial charge in [0, 0.05) is 25.2 Å². The van der Waals surface area contributed by atoms with Crippen molar-refractivity contribution in [3.63, 3.8) is 0 Å². The molecule has 0 radical (unpaired) electrons. The summed E-state index contributed by atoms with van der Waals surface area (Å²) in [5, 5.41) is 3.35. The number of benzene rings is 1. The van der Waals surface area contributed by atoms with Gasteiger partial charge in [0.2, 0.25) is 0 Å². The van der Waals surface area contributed by atoms with Crippen LogP contribution in [0.3, 0.4) is 0 Å². The molecule has 18 heavy (non-hydrogen) atoms. The number of halogens is 1. The molecular weight excluding hydrogens is 231 g/mol. The maximum absolute atomic E-state index is 12.9. The number of hydrogen-bond acceptors (Lipinski definition) is 3. The largest absolute Gasteiger partial charge is 0.380 e. The Morgan fingerprint density at radius 3 is 2.78 bits per heavy atom. The number of hydrogen-bond donors (Lipinski definition) is 1. The fourth-order valence-corrected chi connectivity index (χ4v) is 2.49. The third-order valence-electron chi connectivity index (χ3n) is 3.61. The Balaban J connectivity index is 1.97. The molecule has 1 heterocycles. The van der Waals surface area contributed by atoms with E-state index < -0.39 is 0 Å². The first-order valence-electron chi connectivity index (χ1n) is 6.40. The number of nitrogens with one attached hydrogen (secondary N) is 1. The summed E-state index contributed by atoms with van der Waals surface area (Å²) in [7, 11) is 4.09. The predicted molar refractivity (Wildman–Crippen MR) is 69.9 cm³/mol. The van der Waals surface area contributed by atoms with Gasteiger partial charge in [0.25, 0.3) is 0 Å². The highest BCUT2D eigenvalue weighted by molar-refractivity contribution is 5.16. The average Bonchev–Trinajstić information content (AvgIpc) is 2.41. The molecule has 0 bridgehead atoms. The number of rotatable bonds is 4. The molecule has 0 spiro atoms. The molecule has 1 fully saturated rings. The third kappa shape index (κ3) is 3.28. The fourth-order valence-electron chi connectivity index (χ4n) is 2.49. The standard InChI is InChI=1S/C14H21FN2O/c1-16-13-7-8-18-10-14(13)17(2)9-11-3-5-12(15)6-4-11/h3-6,13-14,16H,7-10H2,1-2H3. The Hall–Kier alpha value is -0.970. The SMILES string of the molecule is CNC1CCOCC1N(C)Cc1ccc(F)cc1. The van der Waals surface area contributed by atoms with Gasteiger partial charge in [-0.05, 0) is 38.2 Å². The summed E-state index contributed by atoms with van der Waals surface area (Å²) in [5.74, 6) is -0.185. The van der Waals surface area contributed by atoms with Crippen molar-refractivity contribution in [1.29, 1.82) is 0 Å². The van der Waals surface area contributed by atoms with Gasteiger partial charge in [-0.1, -0.05) is 12.1 Å². The number of likely N-dealkylation sites (N-methyl/N-ethyl adjacent to an activating group) is 2. The van der Waals surface area contributed by atoms with E-state index in [0.717, 1.165) is 31.7 Å². The Kier molecular flexibility index (Phi) is 4.69. The van der Waals surface area contributed by atoms with Crippen molar-refractivity contribution in [2.75, 3.05) is 27.3 Å². The van der Waals surface area contributed by atoms with Crippen LogP contribution >= 0.6 is 0 Å². The van der Waals surface area contributed by atoms with E-state index in [2.05, 4.69) is 17.3 Å². The zero-order valence-corrected chi connectivity index (χ0v) is 11.0. The van der Waals surface area contributed by atoms with Crippen molar-refractivity contribution in [3.05, 3.63) is 35.6 Å². The van der Waals surface area contributed by atoms with E-state index in [1.165, 1.54) is 12.1 Å². The van der Waals surface area contributed by atoms with Crippen LogP contribution in [0.2, 0.25) is 0 Å². The highest BCUT2D eigenvalue weighted by atomic mass is 19.1. The Bertz CT molecular complexity index is 369. The minimum absolute atomic E-state index is 0.185. The van der Waals surface area contributed by atoms with Crippen LogP contribution in [-0.4, -0.2) is 44.3 Å². The Labute approximate surface area is 108 Å². The second-order valence-corrected chi connectivity index (χ2v) is 4.87. The first-order chi connectivity index (χ1) is 8.70. The van der Waals surface area contributed by atoms with Crippen LogP contribution in [0.4, 0.5) is 4.39 Å². The highest BCUT2D eigenvalue weighted by Crippen LogP contribution is 2.15. The highest BCUT2D eigenvalue weighted by Gasteiger charge is 2.27. The van der Waals surface area contributed by atoms with Gasteiger partial charge in [0.15, 0.2) is 0 Å². The smallest absolute Gasteiger partial charge is 0.123 e. The zero-order valence-electron chi connectivity index (χ0n) is 11.0. The van der Waals surface area contributed by atoms with Crippen LogP contribution in [0.5, 0.6) is 0 Å². The minimum atomic E-state index is -0.185. The summed E-state index contributed by atoms with van der Waals surface area (Å²) >= 11 is 0. The first kappa shape index (κ1) is 13.5. The normalized spacial score (nSPS) is 24.4. The summed E-state index contributed by atoms with van der Waals surface area (Å²) in [5.41, 5.74) is 1.12. The molecule has 2 atom stereocenters. The molecule has 1 aromatic rings. The van der Waals surface area contributed by atoms with E-state index in [1.807, 2.05) is 19.2 Å². The topological polar surface area (TPSA) is 24.5 Å². The molecule has 1 aromatic carbocycles. The Morgan fingerprint density at radius 1 is 1.39 bits per heavy atom. The molecular formula is C14H21FN2O. The molecule has 1 aliphatic heterocycles. The second-order valence-electron chi connectivity index (χ2n) is 4.87. The maximum Gasteiger partial charge on any atom is 0.123 e. The molecule has 0 amide bonds. The van der Waals surface area contributed by atoms with Gasteiger partial charge in [-0.2, -0.15) is 0 Å². The van der Waals surface area contributed by atoms with Crippen LogP contribution in [0.25, 0.3) is 0 Å². The molecule has 0 aliphatic carbocycles. The Morgan fingerprint density at radius 2 is 2.11 bits per heavy atom. The molecule has 2 rings (SSSR count). The summed E-state index contributed by atoms with van der Waals surface area (Å²) in [6.45, 7) is 2.39. The van der Waals surface area contributed by atoms with Crippen molar-refractivity contribution in [1.82, 2.24) is 10.2 Å². The monoisotopic (exact) mass is 252 g/mol. The lowest BCUT2D eigenvalue weighted by Gasteiger charge is -2.37. The molecule has 1 saturated heterocycles. The van der Waals surface area contributed by atoms with Crippen LogP contribution in [0.15, 0.2) is 24.3 Å². The van der Waals surface area contributed by atoms with Gasteiger partial charge in [0.1, 0.15) is 5.82 Å². The van der Waals surface area contributed by atoms with Crippen molar-refractivity contribution in [3.8, 4) is 0 Å². The summed E-state index contributed by atoms with van der Waals surface area (Å²) in [6, 6.07) is 7.53. The summed E-state index contributed by atoms with van der Waals surface area (Å²) in [4.78, 5) is 2.27. The quantitative estimate of drug-likeness (QED) is 0.881.